The first kappa shape index (κ1) is 15.6. The second kappa shape index (κ2) is 7.89. The SMILES string of the molecule is Cc1nc(NCCn2cncn2)c(Cl)c(=O)[nH]1.O=CO. The molecule has 0 spiro atoms. The number of nitrogens with one attached hydrogen (secondary N) is 2. The van der Waals surface area contributed by atoms with Gasteiger partial charge in [-0.3, -0.25) is 14.3 Å². The van der Waals surface area contributed by atoms with Gasteiger partial charge in [-0.2, -0.15) is 5.10 Å². The first-order chi connectivity index (χ1) is 9.58. The summed E-state index contributed by atoms with van der Waals surface area (Å²) in [7, 11) is 0. The van der Waals surface area contributed by atoms with Crippen molar-refractivity contribution < 1.29 is 9.90 Å². The zero-order valence-corrected chi connectivity index (χ0v) is 11.3. The third-order valence-corrected chi connectivity index (χ3v) is 2.43. The van der Waals surface area contributed by atoms with Gasteiger partial charge in [0, 0.05) is 6.54 Å². The lowest BCUT2D eigenvalue weighted by molar-refractivity contribution is -0.122. The Hall–Kier alpha value is -2.42. The van der Waals surface area contributed by atoms with Gasteiger partial charge in [0.15, 0.2) is 5.82 Å². The molecule has 0 unspecified atom stereocenters. The number of hydrogen-bond donors (Lipinski definition) is 3. The number of anilines is 1. The van der Waals surface area contributed by atoms with E-state index in [0.29, 0.717) is 24.7 Å². The molecule has 2 aromatic heterocycles. The number of aromatic amines is 1. The minimum Gasteiger partial charge on any atom is -0.483 e. The monoisotopic (exact) mass is 300 g/mol. The van der Waals surface area contributed by atoms with Gasteiger partial charge < -0.3 is 15.4 Å². The molecule has 9 nitrogen and oxygen atoms in total. The van der Waals surface area contributed by atoms with Crippen LogP contribution in [0.15, 0.2) is 17.4 Å². The maximum Gasteiger partial charge on any atom is 0.290 e. The Bertz CT molecular complexity index is 598. The number of halogens is 1. The molecule has 0 aliphatic carbocycles. The second-order valence-electron chi connectivity index (χ2n) is 3.50. The summed E-state index contributed by atoms with van der Waals surface area (Å²) >= 11 is 5.82. The smallest absolute Gasteiger partial charge is 0.290 e. The molecule has 0 atom stereocenters. The van der Waals surface area contributed by atoms with Crippen LogP contribution in [0, 0.1) is 6.92 Å². The highest BCUT2D eigenvalue weighted by Gasteiger charge is 2.06. The van der Waals surface area contributed by atoms with E-state index in [1.54, 1.807) is 17.9 Å². The van der Waals surface area contributed by atoms with Crippen LogP contribution in [0.2, 0.25) is 5.02 Å². The van der Waals surface area contributed by atoms with E-state index in [4.69, 9.17) is 21.5 Å². The molecule has 0 aliphatic rings. The minimum atomic E-state index is -0.345. The van der Waals surface area contributed by atoms with E-state index < -0.39 is 0 Å². The highest BCUT2D eigenvalue weighted by atomic mass is 35.5. The van der Waals surface area contributed by atoms with Crippen LogP contribution >= 0.6 is 11.6 Å². The summed E-state index contributed by atoms with van der Waals surface area (Å²) in [5, 5.41) is 13.9. The standard InChI is InChI=1S/C9H11ClN6O.CH2O2/c1-6-14-8(7(10)9(17)15-6)12-2-3-16-5-11-4-13-16;2-1-3/h4-5H,2-3H2,1H3,(H2,12,14,15,17);1H,(H,2,3). The summed E-state index contributed by atoms with van der Waals surface area (Å²) in [4.78, 5) is 30.2. The van der Waals surface area contributed by atoms with Gasteiger partial charge in [-0.25, -0.2) is 9.97 Å². The van der Waals surface area contributed by atoms with Crippen molar-refractivity contribution in [3.63, 3.8) is 0 Å². The Morgan fingerprint density at radius 1 is 1.60 bits per heavy atom. The van der Waals surface area contributed by atoms with Crippen LogP contribution in [-0.2, 0) is 11.3 Å². The van der Waals surface area contributed by atoms with Crippen LogP contribution in [-0.4, -0.2) is 42.9 Å². The highest BCUT2D eigenvalue weighted by molar-refractivity contribution is 6.32. The number of nitrogens with zero attached hydrogens (tertiary/aromatic N) is 4. The Morgan fingerprint density at radius 2 is 2.30 bits per heavy atom. The molecule has 2 aromatic rings. The highest BCUT2D eigenvalue weighted by Crippen LogP contribution is 2.12. The molecule has 0 aliphatic heterocycles. The van der Waals surface area contributed by atoms with Crippen molar-refractivity contribution >= 4 is 23.9 Å². The lowest BCUT2D eigenvalue weighted by atomic mass is 10.5. The molecular formula is C10H13ClN6O3. The van der Waals surface area contributed by atoms with E-state index in [-0.39, 0.29) is 17.1 Å². The Kier molecular flexibility index (Phi) is 6.17. The molecule has 0 saturated heterocycles. The minimum absolute atomic E-state index is 0.0641. The molecular weight excluding hydrogens is 288 g/mol. The van der Waals surface area contributed by atoms with Crippen molar-refractivity contribution in [3.05, 3.63) is 33.9 Å². The van der Waals surface area contributed by atoms with E-state index in [2.05, 4.69) is 25.4 Å². The number of aryl methyl sites for hydroxylation is 1. The fraction of sp³-hybridized carbons (Fsp3) is 0.300. The molecule has 0 radical (unpaired) electrons. The van der Waals surface area contributed by atoms with E-state index in [9.17, 15) is 4.79 Å². The number of carbonyl (C=O) groups is 1. The first-order valence-electron chi connectivity index (χ1n) is 5.49. The van der Waals surface area contributed by atoms with Crippen molar-refractivity contribution in [2.45, 2.75) is 13.5 Å². The molecule has 20 heavy (non-hydrogen) atoms. The Balaban J connectivity index is 0.000000612. The maximum atomic E-state index is 11.4. The summed E-state index contributed by atoms with van der Waals surface area (Å²) in [5.41, 5.74) is -0.345. The lowest BCUT2D eigenvalue weighted by Crippen LogP contribution is -2.17. The molecule has 10 heteroatoms. The topological polar surface area (TPSA) is 126 Å². The van der Waals surface area contributed by atoms with Gasteiger partial charge in [0.2, 0.25) is 0 Å². The first-order valence-corrected chi connectivity index (χ1v) is 5.86. The van der Waals surface area contributed by atoms with Gasteiger partial charge >= 0.3 is 0 Å². The quantitative estimate of drug-likeness (QED) is 0.685. The zero-order valence-electron chi connectivity index (χ0n) is 10.6. The predicted octanol–water partition coefficient (Wildman–Crippen LogP) is 0.136. The molecule has 2 heterocycles. The van der Waals surface area contributed by atoms with E-state index >= 15 is 0 Å². The van der Waals surface area contributed by atoms with Crippen LogP contribution in [0.1, 0.15) is 5.82 Å². The molecule has 0 saturated carbocycles. The summed E-state index contributed by atoms with van der Waals surface area (Å²) in [6.07, 6.45) is 3.07. The molecule has 0 aromatic carbocycles. The largest absolute Gasteiger partial charge is 0.483 e. The van der Waals surface area contributed by atoms with Gasteiger partial charge in [-0.1, -0.05) is 11.6 Å². The molecule has 108 valence electrons. The summed E-state index contributed by atoms with van der Waals surface area (Å²) < 4.78 is 1.67. The fourth-order valence-electron chi connectivity index (χ4n) is 1.33. The molecule has 0 amide bonds. The van der Waals surface area contributed by atoms with Gasteiger partial charge in [0.25, 0.3) is 12.0 Å². The van der Waals surface area contributed by atoms with Crippen LogP contribution < -0.4 is 10.9 Å². The van der Waals surface area contributed by atoms with Crippen LogP contribution in [0.25, 0.3) is 0 Å². The van der Waals surface area contributed by atoms with Crippen LogP contribution in [0.4, 0.5) is 5.82 Å². The van der Waals surface area contributed by atoms with Crippen molar-refractivity contribution in [1.82, 2.24) is 24.7 Å². The predicted molar refractivity (Wildman–Crippen MR) is 71.8 cm³/mol. The van der Waals surface area contributed by atoms with Gasteiger partial charge in [0.05, 0.1) is 6.54 Å². The van der Waals surface area contributed by atoms with Crippen molar-refractivity contribution in [2.75, 3.05) is 11.9 Å². The summed E-state index contributed by atoms with van der Waals surface area (Å²) in [5.74, 6) is 0.899. The van der Waals surface area contributed by atoms with Crippen LogP contribution in [0.5, 0.6) is 0 Å². The van der Waals surface area contributed by atoms with Gasteiger partial charge in [0.1, 0.15) is 23.5 Å². The third-order valence-electron chi connectivity index (χ3n) is 2.08. The number of carboxylic acid groups (broad SMARTS) is 1. The summed E-state index contributed by atoms with van der Waals surface area (Å²) in [6.45, 7) is 2.61. The number of rotatable bonds is 4. The van der Waals surface area contributed by atoms with Gasteiger partial charge in [-0.05, 0) is 6.92 Å². The molecule has 2 rings (SSSR count). The van der Waals surface area contributed by atoms with Gasteiger partial charge in [-0.15, -0.1) is 0 Å². The Labute approximate surface area is 118 Å². The lowest BCUT2D eigenvalue weighted by Gasteiger charge is -2.07. The van der Waals surface area contributed by atoms with E-state index in [1.807, 2.05) is 0 Å². The maximum absolute atomic E-state index is 11.4. The number of H-pyrrole nitrogens is 1. The molecule has 0 fully saturated rings. The average molecular weight is 301 g/mol. The molecule has 3 N–H and O–H groups in total. The number of aromatic nitrogens is 5. The second-order valence-corrected chi connectivity index (χ2v) is 3.88. The average Bonchev–Trinajstić information content (AvgIpc) is 2.89. The number of hydrogen-bond acceptors (Lipinski definition) is 6. The summed E-state index contributed by atoms with van der Waals surface area (Å²) in [6, 6.07) is 0. The van der Waals surface area contributed by atoms with E-state index in [1.165, 1.54) is 6.33 Å². The normalized spacial score (nSPS) is 9.50. The molecule has 0 bridgehead atoms. The van der Waals surface area contributed by atoms with Crippen molar-refractivity contribution in [2.24, 2.45) is 0 Å². The fourth-order valence-corrected chi connectivity index (χ4v) is 1.48. The Morgan fingerprint density at radius 3 is 2.90 bits per heavy atom. The van der Waals surface area contributed by atoms with Crippen molar-refractivity contribution in [1.29, 1.82) is 0 Å². The van der Waals surface area contributed by atoms with Crippen LogP contribution in [0.3, 0.4) is 0 Å². The van der Waals surface area contributed by atoms with Crippen molar-refractivity contribution in [3.8, 4) is 0 Å². The third kappa shape index (κ3) is 4.69. The zero-order chi connectivity index (χ0) is 15.0. The van der Waals surface area contributed by atoms with E-state index in [0.717, 1.165) is 0 Å².